The molecule has 1 unspecified atom stereocenters. The highest BCUT2D eigenvalue weighted by molar-refractivity contribution is 7.99. The number of H-pyrrole nitrogens is 1. The number of rotatable bonds is 6. The fourth-order valence-corrected chi connectivity index (χ4v) is 2.67. The number of hydrogen-bond donors (Lipinski definition) is 2. The van der Waals surface area contributed by atoms with E-state index in [0.717, 1.165) is 23.4 Å². The average molecular weight is 280 g/mol. The molecule has 0 aliphatic carbocycles. The number of nitrogens with zero attached hydrogens (tertiary/aromatic N) is 2. The van der Waals surface area contributed by atoms with E-state index >= 15 is 0 Å². The van der Waals surface area contributed by atoms with Crippen molar-refractivity contribution in [3.63, 3.8) is 0 Å². The Morgan fingerprint density at radius 1 is 1.47 bits per heavy atom. The van der Waals surface area contributed by atoms with Crippen molar-refractivity contribution >= 4 is 11.8 Å². The van der Waals surface area contributed by atoms with Crippen molar-refractivity contribution in [2.75, 3.05) is 6.54 Å². The van der Waals surface area contributed by atoms with Gasteiger partial charge >= 0.3 is 0 Å². The number of nitrogens with one attached hydrogen (secondary N) is 2. The summed E-state index contributed by atoms with van der Waals surface area (Å²) in [5, 5.41) is 10.7. The summed E-state index contributed by atoms with van der Waals surface area (Å²) in [7, 11) is 0. The lowest BCUT2D eigenvalue weighted by molar-refractivity contribution is 0.554. The first-order valence-corrected chi connectivity index (χ1v) is 7.08. The smallest absolute Gasteiger partial charge is 0.188 e. The monoisotopic (exact) mass is 280 g/mol. The lowest BCUT2D eigenvalue weighted by Gasteiger charge is -2.17. The molecule has 0 aliphatic rings. The van der Waals surface area contributed by atoms with E-state index in [9.17, 15) is 4.39 Å². The van der Waals surface area contributed by atoms with E-state index in [-0.39, 0.29) is 11.9 Å². The molecule has 0 fully saturated rings. The van der Waals surface area contributed by atoms with Gasteiger partial charge in [-0.1, -0.05) is 18.7 Å². The van der Waals surface area contributed by atoms with Crippen molar-refractivity contribution in [2.24, 2.45) is 0 Å². The standard InChI is InChI=1S/C13H17FN4S/c1-3-6-15-9(2)11-7-10(14)4-5-12(11)19-13-16-8-17-18-13/h4-5,7-9,15H,3,6H2,1-2H3,(H,16,17,18). The molecule has 6 heteroatoms. The van der Waals surface area contributed by atoms with Crippen LogP contribution in [-0.4, -0.2) is 21.7 Å². The molecule has 0 saturated heterocycles. The fraction of sp³-hybridized carbons (Fsp3) is 0.385. The van der Waals surface area contributed by atoms with Crippen molar-refractivity contribution in [1.29, 1.82) is 0 Å². The molecule has 102 valence electrons. The van der Waals surface area contributed by atoms with Crippen molar-refractivity contribution in [2.45, 2.75) is 36.4 Å². The van der Waals surface area contributed by atoms with Crippen molar-refractivity contribution in [3.05, 3.63) is 35.9 Å². The number of aromatic amines is 1. The van der Waals surface area contributed by atoms with Gasteiger partial charge in [0, 0.05) is 10.9 Å². The van der Waals surface area contributed by atoms with E-state index < -0.39 is 0 Å². The third-order valence-corrected chi connectivity index (χ3v) is 3.72. The minimum absolute atomic E-state index is 0.0982. The van der Waals surface area contributed by atoms with Crippen LogP contribution in [0.25, 0.3) is 0 Å². The van der Waals surface area contributed by atoms with Gasteiger partial charge in [0.15, 0.2) is 5.16 Å². The number of hydrogen-bond acceptors (Lipinski definition) is 4. The van der Waals surface area contributed by atoms with Gasteiger partial charge in [-0.3, -0.25) is 5.10 Å². The summed E-state index contributed by atoms with van der Waals surface area (Å²) in [5.74, 6) is -0.220. The average Bonchev–Trinajstić information content (AvgIpc) is 2.91. The predicted molar refractivity (Wildman–Crippen MR) is 73.6 cm³/mol. The molecule has 0 aliphatic heterocycles. The summed E-state index contributed by atoms with van der Waals surface area (Å²) in [4.78, 5) is 5.06. The van der Waals surface area contributed by atoms with E-state index in [1.807, 2.05) is 6.92 Å². The van der Waals surface area contributed by atoms with Gasteiger partial charge in [-0.25, -0.2) is 9.37 Å². The summed E-state index contributed by atoms with van der Waals surface area (Å²) >= 11 is 1.46. The van der Waals surface area contributed by atoms with Crippen molar-refractivity contribution in [1.82, 2.24) is 20.5 Å². The normalized spacial score (nSPS) is 12.6. The first-order chi connectivity index (χ1) is 9.20. The molecular weight excluding hydrogens is 263 g/mol. The van der Waals surface area contributed by atoms with Crippen LogP contribution in [0.1, 0.15) is 31.9 Å². The highest BCUT2D eigenvalue weighted by Gasteiger charge is 2.13. The SMILES string of the molecule is CCCNC(C)c1cc(F)ccc1Sc1ncn[nH]1. The van der Waals surface area contributed by atoms with Crippen LogP contribution in [0.2, 0.25) is 0 Å². The number of halogens is 1. The van der Waals surface area contributed by atoms with Crippen LogP contribution < -0.4 is 5.32 Å². The maximum atomic E-state index is 13.4. The Hall–Kier alpha value is -1.40. The maximum Gasteiger partial charge on any atom is 0.188 e. The zero-order valence-electron chi connectivity index (χ0n) is 11.0. The summed E-state index contributed by atoms with van der Waals surface area (Å²) in [5.41, 5.74) is 0.940. The van der Waals surface area contributed by atoms with Gasteiger partial charge in [0.25, 0.3) is 0 Å². The van der Waals surface area contributed by atoms with Crippen LogP contribution in [0.4, 0.5) is 4.39 Å². The molecule has 0 spiro atoms. The third kappa shape index (κ3) is 3.78. The zero-order valence-corrected chi connectivity index (χ0v) is 11.8. The molecule has 2 aromatic rings. The van der Waals surface area contributed by atoms with E-state index in [0.29, 0.717) is 5.16 Å². The number of aromatic nitrogens is 3. The topological polar surface area (TPSA) is 53.6 Å². The van der Waals surface area contributed by atoms with Crippen LogP contribution in [-0.2, 0) is 0 Å². The molecule has 1 aromatic carbocycles. The molecule has 0 radical (unpaired) electrons. The van der Waals surface area contributed by atoms with E-state index in [2.05, 4.69) is 27.4 Å². The predicted octanol–water partition coefficient (Wildman–Crippen LogP) is 3.16. The van der Waals surface area contributed by atoms with E-state index in [4.69, 9.17) is 0 Å². The van der Waals surface area contributed by atoms with Gasteiger partial charge in [-0.15, -0.1) is 0 Å². The zero-order chi connectivity index (χ0) is 13.7. The summed E-state index contributed by atoms with van der Waals surface area (Å²) in [6.07, 6.45) is 2.51. The molecule has 2 N–H and O–H groups in total. The molecular formula is C13H17FN4S. The van der Waals surface area contributed by atoms with E-state index in [1.54, 1.807) is 12.1 Å². The van der Waals surface area contributed by atoms with Crippen LogP contribution in [0.3, 0.4) is 0 Å². The second-order valence-electron chi connectivity index (χ2n) is 4.25. The molecule has 0 saturated carbocycles. The highest BCUT2D eigenvalue weighted by Crippen LogP contribution is 2.31. The van der Waals surface area contributed by atoms with Gasteiger partial charge in [0.1, 0.15) is 12.1 Å². The fourth-order valence-electron chi connectivity index (χ4n) is 1.77. The van der Waals surface area contributed by atoms with Gasteiger partial charge in [-0.2, -0.15) is 5.10 Å². The van der Waals surface area contributed by atoms with Crippen molar-refractivity contribution in [3.8, 4) is 0 Å². The molecule has 0 amide bonds. The largest absolute Gasteiger partial charge is 0.310 e. The van der Waals surface area contributed by atoms with Gasteiger partial charge in [0.05, 0.1) is 0 Å². The molecule has 0 bridgehead atoms. The Balaban J connectivity index is 2.22. The summed E-state index contributed by atoms with van der Waals surface area (Å²) < 4.78 is 13.4. The lowest BCUT2D eigenvalue weighted by Crippen LogP contribution is -2.20. The molecule has 1 heterocycles. The van der Waals surface area contributed by atoms with Gasteiger partial charge in [0.2, 0.25) is 0 Å². The third-order valence-electron chi connectivity index (χ3n) is 2.74. The van der Waals surface area contributed by atoms with Crippen LogP contribution >= 0.6 is 11.8 Å². The molecule has 19 heavy (non-hydrogen) atoms. The molecule has 4 nitrogen and oxygen atoms in total. The maximum absolute atomic E-state index is 13.4. The Morgan fingerprint density at radius 2 is 2.32 bits per heavy atom. The Bertz CT molecular complexity index is 515. The summed E-state index contributed by atoms with van der Waals surface area (Å²) in [6, 6.07) is 4.92. The van der Waals surface area contributed by atoms with Crippen molar-refractivity contribution < 1.29 is 4.39 Å². The molecule has 1 aromatic heterocycles. The Morgan fingerprint density at radius 3 is 3.00 bits per heavy atom. The minimum atomic E-state index is -0.220. The van der Waals surface area contributed by atoms with E-state index in [1.165, 1.54) is 24.2 Å². The van der Waals surface area contributed by atoms with Gasteiger partial charge < -0.3 is 5.32 Å². The first-order valence-electron chi connectivity index (χ1n) is 6.26. The first kappa shape index (κ1) is 14.0. The highest BCUT2D eigenvalue weighted by atomic mass is 32.2. The van der Waals surface area contributed by atoms with Gasteiger partial charge in [-0.05, 0) is 43.7 Å². The quantitative estimate of drug-likeness (QED) is 0.853. The summed E-state index contributed by atoms with van der Waals surface area (Å²) in [6.45, 7) is 5.05. The van der Waals surface area contributed by atoms with Crippen LogP contribution in [0.5, 0.6) is 0 Å². The lowest BCUT2D eigenvalue weighted by atomic mass is 10.1. The second-order valence-corrected chi connectivity index (χ2v) is 5.28. The second kappa shape index (κ2) is 6.68. The Labute approximate surface area is 116 Å². The van der Waals surface area contributed by atoms with Crippen LogP contribution in [0.15, 0.2) is 34.6 Å². The number of benzene rings is 1. The molecule has 2 rings (SSSR count). The Kier molecular flexibility index (Phi) is 4.93. The minimum Gasteiger partial charge on any atom is -0.310 e. The molecule has 1 atom stereocenters. The van der Waals surface area contributed by atoms with Crippen LogP contribution in [0, 0.1) is 5.82 Å².